The van der Waals surface area contributed by atoms with E-state index in [1.165, 1.54) is 18.2 Å². The molecule has 0 aliphatic rings. The van der Waals surface area contributed by atoms with Gasteiger partial charge in [0.25, 0.3) is 5.91 Å². The summed E-state index contributed by atoms with van der Waals surface area (Å²) in [4.78, 5) is 16.9. The van der Waals surface area contributed by atoms with Gasteiger partial charge in [-0.05, 0) is 49.7 Å². The molecule has 2 aromatic heterocycles. The number of carbonyl (C=O) groups excluding carboxylic acids is 1. The number of halogens is 1. The van der Waals surface area contributed by atoms with Crippen LogP contribution in [0.2, 0.25) is 0 Å². The Morgan fingerprint density at radius 3 is 2.73 bits per heavy atom. The Hall–Kier alpha value is -2.99. The molecular formula is C20H20FN3O2. The number of amides is 1. The predicted molar refractivity (Wildman–Crippen MR) is 96.7 cm³/mol. The lowest BCUT2D eigenvalue weighted by Crippen LogP contribution is -2.28. The number of hydrogen-bond donors (Lipinski definition) is 2. The second-order valence-electron chi connectivity index (χ2n) is 6.09. The first kappa shape index (κ1) is 17.8. The first-order chi connectivity index (χ1) is 12.5. The van der Waals surface area contributed by atoms with Crippen LogP contribution >= 0.6 is 0 Å². The summed E-state index contributed by atoms with van der Waals surface area (Å²) in [5.74, 6) is 0.0175. The molecule has 0 spiro atoms. The monoisotopic (exact) mass is 353 g/mol. The third kappa shape index (κ3) is 3.65. The number of nitrogens with zero attached hydrogens (tertiary/aromatic N) is 2. The lowest BCUT2D eigenvalue weighted by Gasteiger charge is -2.13. The highest BCUT2D eigenvalue weighted by atomic mass is 19.1. The van der Waals surface area contributed by atoms with Crippen molar-refractivity contribution in [2.24, 2.45) is 0 Å². The van der Waals surface area contributed by atoms with E-state index < -0.39 is 11.9 Å². The fourth-order valence-corrected chi connectivity index (χ4v) is 2.95. The number of aromatic nitrogens is 2. The molecule has 1 atom stereocenters. The van der Waals surface area contributed by atoms with Crippen molar-refractivity contribution in [2.45, 2.75) is 20.0 Å². The average Bonchev–Trinajstić information content (AvgIpc) is 2.94. The predicted octanol–water partition coefficient (Wildman–Crippen LogP) is 3.09. The third-order valence-corrected chi connectivity index (χ3v) is 4.24. The number of carbonyl (C=O) groups is 1. The van der Waals surface area contributed by atoms with Gasteiger partial charge in [0.05, 0.1) is 11.7 Å². The van der Waals surface area contributed by atoms with Crippen molar-refractivity contribution in [2.75, 3.05) is 6.54 Å². The van der Waals surface area contributed by atoms with E-state index in [1.54, 1.807) is 18.3 Å². The van der Waals surface area contributed by atoms with E-state index in [1.807, 2.05) is 36.6 Å². The lowest BCUT2D eigenvalue weighted by molar-refractivity contribution is 0.0915. The van der Waals surface area contributed by atoms with Crippen LogP contribution in [0.5, 0.6) is 0 Å². The Balaban J connectivity index is 1.75. The van der Waals surface area contributed by atoms with Crippen LogP contribution in [0.1, 0.15) is 33.4 Å². The van der Waals surface area contributed by atoms with Crippen molar-refractivity contribution >= 4 is 5.91 Å². The highest BCUT2D eigenvalue weighted by Crippen LogP contribution is 2.20. The van der Waals surface area contributed by atoms with Gasteiger partial charge in [-0.25, -0.2) is 9.37 Å². The third-order valence-electron chi connectivity index (χ3n) is 4.24. The molecule has 1 aromatic carbocycles. The molecule has 0 fully saturated rings. The van der Waals surface area contributed by atoms with Gasteiger partial charge in [0.1, 0.15) is 11.6 Å². The van der Waals surface area contributed by atoms with Crippen LogP contribution < -0.4 is 5.32 Å². The Morgan fingerprint density at radius 2 is 2.04 bits per heavy atom. The number of nitrogens with one attached hydrogen (secondary N) is 1. The summed E-state index contributed by atoms with van der Waals surface area (Å²) in [6.45, 7) is 3.75. The zero-order chi connectivity index (χ0) is 18.7. The van der Waals surface area contributed by atoms with Gasteiger partial charge in [-0.15, -0.1) is 0 Å². The molecule has 0 saturated carbocycles. The number of aliphatic hydroxyl groups excluding tert-OH is 1. The Kier molecular flexibility index (Phi) is 5.14. The fourth-order valence-electron chi connectivity index (χ4n) is 2.95. The number of benzene rings is 1. The lowest BCUT2D eigenvalue weighted by atomic mass is 10.1. The van der Waals surface area contributed by atoms with Gasteiger partial charge >= 0.3 is 0 Å². The highest BCUT2D eigenvalue weighted by Gasteiger charge is 2.18. The summed E-state index contributed by atoms with van der Waals surface area (Å²) < 4.78 is 15.1. The molecule has 3 rings (SSSR count). The van der Waals surface area contributed by atoms with Gasteiger partial charge in [0.15, 0.2) is 0 Å². The molecule has 0 radical (unpaired) electrons. The van der Waals surface area contributed by atoms with Crippen molar-refractivity contribution < 1.29 is 14.3 Å². The summed E-state index contributed by atoms with van der Waals surface area (Å²) in [6.07, 6.45) is 0.720. The Labute approximate surface area is 151 Å². The summed E-state index contributed by atoms with van der Waals surface area (Å²) >= 11 is 0. The normalized spacial score (nSPS) is 12.0. The minimum absolute atomic E-state index is 0.00442. The maximum absolute atomic E-state index is 13.2. The van der Waals surface area contributed by atoms with Gasteiger partial charge in [-0.3, -0.25) is 4.79 Å². The van der Waals surface area contributed by atoms with Crippen LogP contribution in [-0.4, -0.2) is 27.1 Å². The van der Waals surface area contributed by atoms with Crippen LogP contribution in [0.3, 0.4) is 0 Å². The molecule has 134 valence electrons. The van der Waals surface area contributed by atoms with Crippen LogP contribution in [0.15, 0.2) is 54.7 Å². The molecule has 1 unspecified atom stereocenters. The van der Waals surface area contributed by atoms with E-state index in [0.29, 0.717) is 11.1 Å². The maximum atomic E-state index is 13.2. The first-order valence-electron chi connectivity index (χ1n) is 8.29. The molecule has 0 saturated heterocycles. The van der Waals surface area contributed by atoms with Crippen molar-refractivity contribution in [3.05, 3.63) is 83.1 Å². The molecule has 26 heavy (non-hydrogen) atoms. The molecule has 3 aromatic rings. The number of hydrogen-bond acceptors (Lipinski definition) is 3. The molecule has 0 bridgehead atoms. The standard InChI is InChI=1S/C20H20FN3O2/c1-13-10-17(14(2)24(13)19-8-3-4-9-22-19)20(26)23-12-18(25)15-6-5-7-16(21)11-15/h3-11,18,25H,12H2,1-2H3,(H,23,26). The first-order valence-corrected chi connectivity index (χ1v) is 8.29. The molecule has 2 N–H and O–H groups in total. The van der Waals surface area contributed by atoms with Gasteiger partial charge in [-0.1, -0.05) is 18.2 Å². The number of aryl methyl sites for hydroxylation is 1. The average molecular weight is 353 g/mol. The van der Waals surface area contributed by atoms with Crippen LogP contribution in [0, 0.1) is 19.7 Å². The summed E-state index contributed by atoms with van der Waals surface area (Å²) in [7, 11) is 0. The molecule has 5 nitrogen and oxygen atoms in total. The van der Waals surface area contributed by atoms with Crippen molar-refractivity contribution in [1.29, 1.82) is 0 Å². The van der Waals surface area contributed by atoms with E-state index in [2.05, 4.69) is 10.3 Å². The minimum atomic E-state index is -0.978. The minimum Gasteiger partial charge on any atom is -0.387 e. The molecule has 2 heterocycles. The van der Waals surface area contributed by atoms with Gasteiger partial charge in [0.2, 0.25) is 0 Å². The topological polar surface area (TPSA) is 67.2 Å². The van der Waals surface area contributed by atoms with Crippen molar-refractivity contribution in [1.82, 2.24) is 14.9 Å². The second kappa shape index (κ2) is 7.49. The van der Waals surface area contributed by atoms with Gasteiger partial charge < -0.3 is 15.0 Å². The van der Waals surface area contributed by atoms with Crippen LogP contribution in [-0.2, 0) is 0 Å². The van der Waals surface area contributed by atoms with E-state index in [-0.39, 0.29) is 12.5 Å². The smallest absolute Gasteiger partial charge is 0.253 e. The zero-order valence-corrected chi connectivity index (χ0v) is 14.6. The summed E-state index contributed by atoms with van der Waals surface area (Å²) in [6, 6.07) is 13.1. The fraction of sp³-hybridized carbons (Fsp3) is 0.200. The van der Waals surface area contributed by atoms with Crippen LogP contribution in [0.25, 0.3) is 5.82 Å². The maximum Gasteiger partial charge on any atom is 0.253 e. The molecule has 6 heteroatoms. The number of rotatable bonds is 5. The van der Waals surface area contributed by atoms with Crippen molar-refractivity contribution in [3.63, 3.8) is 0 Å². The number of pyridine rings is 1. The van der Waals surface area contributed by atoms with Gasteiger partial charge in [-0.2, -0.15) is 0 Å². The van der Waals surface area contributed by atoms with E-state index in [0.717, 1.165) is 17.2 Å². The molecule has 0 aliphatic heterocycles. The zero-order valence-electron chi connectivity index (χ0n) is 14.6. The quantitative estimate of drug-likeness (QED) is 0.741. The summed E-state index contributed by atoms with van der Waals surface area (Å²) in [5, 5.41) is 12.9. The Morgan fingerprint density at radius 1 is 1.23 bits per heavy atom. The molecule has 1 amide bonds. The van der Waals surface area contributed by atoms with E-state index in [9.17, 15) is 14.3 Å². The summed E-state index contributed by atoms with van der Waals surface area (Å²) in [5.41, 5.74) is 2.58. The Bertz CT molecular complexity index is 922. The second-order valence-corrected chi connectivity index (χ2v) is 6.09. The van der Waals surface area contributed by atoms with Crippen LogP contribution in [0.4, 0.5) is 4.39 Å². The highest BCUT2D eigenvalue weighted by molar-refractivity contribution is 5.95. The van der Waals surface area contributed by atoms with E-state index >= 15 is 0 Å². The largest absolute Gasteiger partial charge is 0.387 e. The molecular weight excluding hydrogens is 333 g/mol. The van der Waals surface area contributed by atoms with Gasteiger partial charge in [0, 0.05) is 24.1 Å². The SMILES string of the molecule is Cc1cc(C(=O)NCC(O)c2cccc(F)c2)c(C)n1-c1ccccn1. The van der Waals surface area contributed by atoms with E-state index in [4.69, 9.17) is 0 Å². The van der Waals surface area contributed by atoms with Crippen molar-refractivity contribution in [3.8, 4) is 5.82 Å². The molecule has 0 aliphatic carbocycles. The number of aliphatic hydroxyl groups is 1.